The number of nitrogens with two attached hydrogens (primary N) is 1. The van der Waals surface area contributed by atoms with Crippen molar-refractivity contribution in [2.75, 3.05) is 76.1 Å². The van der Waals surface area contributed by atoms with Crippen molar-refractivity contribution in [2.45, 2.75) is 196 Å². The number of carbonyl (C=O) groups excluding carboxylic acids is 3. The number of anilines is 2. The number of ether oxygens (including phenoxy) is 5. The van der Waals surface area contributed by atoms with Crippen LogP contribution in [0.25, 0.3) is 11.0 Å². The number of ketones is 1. The fourth-order valence-corrected chi connectivity index (χ4v) is 20.5. The van der Waals surface area contributed by atoms with Crippen LogP contribution in [-0.2, 0) is 76.3 Å². The lowest BCUT2D eigenvalue weighted by Gasteiger charge is -2.30. The number of H-pyrrole nitrogens is 1. The zero-order valence-corrected chi connectivity index (χ0v) is 72.7. The monoisotopic (exact) mass is 1740 g/mol. The number of hydrogen-bond acceptors (Lipinski definition) is 24. The van der Waals surface area contributed by atoms with E-state index in [4.69, 9.17) is 43.7 Å². The molecule has 2 aromatic heterocycles. The molecule has 0 saturated carbocycles. The van der Waals surface area contributed by atoms with E-state index in [0.29, 0.717) is 43.4 Å². The van der Waals surface area contributed by atoms with Crippen LogP contribution in [0.15, 0.2) is 113 Å². The average molecular weight is 1740 g/mol. The number of aromatic amines is 1. The number of fused-ring (bicyclic) bond motifs is 3. The van der Waals surface area contributed by atoms with E-state index in [0.717, 1.165) is 68.6 Å². The molecule has 10 N–H and O–H groups in total. The summed E-state index contributed by atoms with van der Waals surface area (Å²) in [7, 11) is -15.7. The van der Waals surface area contributed by atoms with Crippen LogP contribution in [0.5, 0.6) is 5.75 Å². The number of phosphoric acid groups is 3. The van der Waals surface area contributed by atoms with Gasteiger partial charge in [0.1, 0.15) is 54.5 Å². The normalized spacial score (nSPS) is 19.6. The molecule has 3 aliphatic rings. The van der Waals surface area contributed by atoms with Gasteiger partial charge in [0.2, 0.25) is 17.5 Å². The van der Waals surface area contributed by atoms with Gasteiger partial charge in [0.15, 0.2) is 11.4 Å². The second kappa shape index (κ2) is 42.2. The number of benzene rings is 3. The molecule has 2 amide bonds. The molecule has 0 aliphatic carbocycles. The third-order valence-corrected chi connectivity index (χ3v) is 28.8. The van der Waals surface area contributed by atoms with Gasteiger partial charge in [-0.2, -0.15) is 26.6 Å². The number of allylic oxidation sites excluding steroid dienone is 6. The van der Waals surface area contributed by atoms with Crippen LogP contribution in [0.2, 0.25) is 0 Å². The molecule has 5 heterocycles. The van der Waals surface area contributed by atoms with E-state index in [-0.39, 0.29) is 95.2 Å². The summed E-state index contributed by atoms with van der Waals surface area (Å²) in [5.41, 5.74) is 11.9. The van der Waals surface area contributed by atoms with E-state index in [1.54, 1.807) is 54.1 Å². The summed E-state index contributed by atoms with van der Waals surface area (Å²) in [5, 5.41) is 5.57. The molecule has 1 fully saturated rings. The minimum atomic E-state index is -5.82. The van der Waals surface area contributed by atoms with Gasteiger partial charge >= 0.3 is 23.5 Å². The highest BCUT2D eigenvalue weighted by Crippen LogP contribution is 2.66. The predicted molar refractivity (Wildman–Crippen MR) is 447 cm³/mol. The largest absolute Gasteiger partial charge is 0.490 e. The Morgan fingerprint density at radius 3 is 2.39 bits per heavy atom. The minimum Gasteiger partial charge on any atom is -0.490 e. The molecule has 0 bridgehead atoms. The lowest BCUT2D eigenvalue weighted by molar-refractivity contribution is -0.438. The van der Waals surface area contributed by atoms with Crippen molar-refractivity contribution in [3.05, 3.63) is 141 Å². The fraction of sp³-hybridized carbons (Fsp3) is 0.526. The Balaban J connectivity index is 0.780. The Morgan fingerprint density at radius 1 is 0.912 bits per heavy atom. The zero-order chi connectivity index (χ0) is 83.4. The molecule has 3 aliphatic heterocycles. The van der Waals surface area contributed by atoms with Gasteiger partial charge in [-0.25, -0.2) is 13.7 Å². The number of nitrogens with one attached hydrogen (secondary N) is 3. The number of hydrogen-bond donors (Lipinski definition) is 9. The molecule has 114 heavy (non-hydrogen) atoms. The number of phosphoric ester groups is 1. The van der Waals surface area contributed by atoms with Gasteiger partial charge in [-0.1, -0.05) is 151 Å². The maximum absolute atomic E-state index is 13.4. The Hall–Kier alpha value is -5.90. The third kappa shape index (κ3) is 27.3. The number of nitrogens with zero attached hydrogens (tertiary/aromatic N) is 4. The summed E-state index contributed by atoms with van der Waals surface area (Å²) < 4.78 is 118. The molecule has 1 saturated heterocycles. The van der Waals surface area contributed by atoms with Crippen molar-refractivity contribution < 1.29 is 102 Å². The first-order valence-electron chi connectivity index (χ1n) is 37.5. The van der Waals surface area contributed by atoms with Gasteiger partial charge in [-0.05, 0) is 121 Å². The van der Waals surface area contributed by atoms with Crippen molar-refractivity contribution in [3.63, 3.8) is 0 Å². The minimum absolute atomic E-state index is 0.00308. The molecule has 626 valence electrons. The highest BCUT2D eigenvalue weighted by Gasteiger charge is 2.47. The van der Waals surface area contributed by atoms with E-state index in [2.05, 4.69) is 161 Å². The van der Waals surface area contributed by atoms with Gasteiger partial charge < -0.3 is 69.1 Å². The lowest BCUT2D eigenvalue weighted by Crippen LogP contribution is -2.30. The van der Waals surface area contributed by atoms with Gasteiger partial charge in [0.25, 0.3) is 21.6 Å². The van der Waals surface area contributed by atoms with Crippen molar-refractivity contribution in [1.29, 1.82) is 0 Å². The SMILES string of the molecule is CCCCN1\C(=C/C=C/C=C/C2=[N+](CCCC)c3ccc(C)cc3C2(C)C)C(C)(CCCCCC(=O)CCCNC(=O)c2cccc(OCC(OCCOCC(=O)NCC#Cc3cn([C@H]4CC(O[C@@H](C)SSC)[C@@H](COP(=O)(O)OP(=O)(O)OP(=O)(O)O)O4)c4nc(N)[nH]c(=O)c34)SSC(C)(C)C)c2)c2cc(S(=O)(=O)O)ccc21. The molecule has 8 atom stereocenters. The van der Waals surface area contributed by atoms with E-state index in [9.17, 15) is 55.6 Å². The Kier molecular flexibility index (Phi) is 34.6. The highest BCUT2D eigenvalue weighted by atomic mass is 33.1. The number of carbonyl (C=O) groups is 3. The summed E-state index contributed by atoms with van der Waals surface area (Å²) >= 11 is 0. The molecule has 38 heteroatoms. The molecule has 5 unspecified atom stereocenters. The van der Waals surface area contributed by atoms with Gasteiger partial charge in [-0.15, -0.1) is 0 Å². The molecule has 8 rings (SSSR count). The van der Waals surface area contributed by atoms with Crippen LogP contribution in [0.4, 0.5) is 17.3 Å². The summed E-state index contributed by atoms with van der Waals surface area (Å²) in [6.07, 6.45) is 18.7. The van der Waals surface area contributed by atoms with Crippen molar-refractivity contribution in [1.82, 2.24) is 25.2 Å². The van der Waals surface area contributed by atoms with Gasteiger partial charge in [0.05, 0.1) is 53.7 Å². The molecular formula is C76H106N8O22P3S5+. The number of rotatable bonds is 45. The molecule has 0 spiro atoms. The number of nitrogen functional groups attached to an aromatic ring is 1. The van der Waals surface area contributed by atoms with Crippen LogP contribution in [-0.4, -0.2) is 168 Å². The first-order valence-corrected chi connectivity index (χ1v) is 48.3. The maximum atomic E-state index is 13.4. The van der Waals surface area contributed by atoms with Gasteiger partial charge in [-0.3, -0.25) is 33.2 Å². The van der Waals surface area contributed by atoms with Crippen LogP contribution >= 0.6 is 66.6 Å². The van der Waals surface area contributed by atoms with Crippen molar-refractivity contribution in [3.8, 4) is 17.6 Å². The second-order valence-electron chi connectivity index (χ2n) is 29.2. The van der Waals surface area contributed by atoms with Crippen LogP contribution in [0.3, 0.4) is 0 Å². The van der Waals surface area contributed by atoms with E-state index >= 15 is 0 Å². The molecule has 30 nitrogen and oxygen atoms in total. The van der Waals surface area contributed by atoms with Crippen molar-refractivity contribution in [2.24, 2.45) is 0 Å². The van der Waals surface area contributed by atoms with E-state index < -0.39 is 86.4 Å². The Labute approximate surface area is 682 Å². The zero-order valence-electron chi connectivity index (χ0n) is 65.9. The van der Waals surface area contributed by atoms with Crippen LogP contribution < -0.4 is 31.6 Å². The standard InChI is InChI=1S/C76H105N8O22P3S5/c1-12-14-39-82-60-34-32-51(3)43-58(60)75(8,9)64(82)30-19-16-20-31-65-76(10,59-45-57(114(96,97)98)33-35-61(59)83(65)40-15-13-2)36-21-17-18-27-55(85)28-24-38-79-71(87)53-25-22-29-56(44-53)101-50-68(112-113-74(5,6)7)100-42-41-99-49-66(86)78-37-23-26-54-47-84(70-69(54)72(88)81-73(77)80-70)67-46-62(103-52(4)111-110-11)63(104-67)48-102-108(92,93)106-109(94,95)105-107(89,90)91/h16,19-20,22,25,29-35,43-45,47,52,62-63,67-68H,12-15,17-18,21,24,27-28,36-42,46,48-50H2,1-11H3,(H9-,77,78,79,80,81,86,87,88,89,90,91,92,93,94,95,96,97,98)/p+1/t52-,62?,63-,67-,68?,76?/m1/s1. The Bertz CT molecular complexity index is 4750. The first-order chi connectivity index (χ1) is 53.7. The average Bonchev–Trinajstić information content (AvgIpc) is 1.60. The van der Waals surface area contributed by atoms with Crippen LogP contribution in [0.1, 0.15) is 178 Å². The number of amides is 2. The topological polar surface area (TPSA) is 419 Å². The quantitative estimate of drug-likeness (QED) is 0.00255. The molecular weight excluding hydrogens is 1630 g/mol. The van der Waals surface area contributed by atoms with E-state index in [1.165, 1.54) is 71.7 Å². The number of unbranched alkanes of at least 4 members (excludes halogenated alkanes) is 4. The van der Waals surface area contributed by atoms with E-state index in [1.807, 2.05) is 6.26 Å². The molecule has 5 aromatic rings. The first kappa shape index (κ1) is 93.6. The van der Waals surface area contributed by atoms with Gasteiger partial charge in [0, 0.05) is 89.8 Å². The predicted octanol–water partition coefficient (Wildman–Crippen LogP) is 13.8. The summed E-state index contributed by atoms with van der Waals surface area (Å²) in [6, 6.07) is 18.4. The maximum Gasteiger partial charge on any atom is 0.490 e. The van der Waals surface area contributed by atoms with Crippen LogP contribution in [0, 0.1) is 18.8 Å². The molecule has 0 radical (unpaired) electrons. The molecule has 3 aromatic carbocycles. The summed E-state index contributed by atoms with van der Waals surface area (Å²) in [4.78, 5) is 99.5. The second-order valence-corrected chi connectivity index (χ2v) is 41.0. The summed E-state index contributed by atoms with van der Waals surface area (Å²) in [5.74, 6) is 5.11. The Morgan fingerprint density at radius 2 is 1.67 bits per heavy atom. The third-order valence-electron chi connectivity index (χ3n) is 18.7. The number of Topliss-reactive ketones (excluding diaryl/α,β-unsaturated/α-hetero) is 1. The highest BCUT2D eigenvalue weighted by molar-refractivity contribution is 8.77. The number of aryl methyl sites for hydroxylation is 1. The fourth-order valence-electron chi connectivity index (χ4n) is 13.4. The van der Waals surface area contributed by atoms with Crippen molar-refractivity contribution >= 4 is 128 Å². The smallest absolute Gasteiger partial charge is 0.490 e. The lowest BCUT2D eigenvalue weighted by atomic mass is 9.77. The summed E-state index contributed by atoms with van der Waals surface area (Å²) in [6.45, 7) is 21.9. The number of aromatic nitrogens is 3.